The molecule has 2 rings (SSSR count). The number of ether oxygens (including phenoxy) is 2. The van der Waals surface area contributed by atoms with E-state index in [1.165, 1.54) is 22.4 Å². The largest absolute Gasteiger partial charge is 0.496 e. The number of carbonyl (C=O) groups is 1. The number of halogens is 1. The van der Waals surface area contributed by atoms with Crippen LogP contribution in [0.4, 0.5) is 4.79 Å². The molecule has 1 fully saturated rings. The van der Waals surface area contributed by atoms with Gasteiger partial charge in [0, 0.05) is 42.2 Å². The quantitative estimate of drug-likeness (QED) is 0.753. The maximum Gasteiger partial charge on any atom is 0.410 e. The maximum absolute atomic E-state index is 12.6. The zero-order valence-corrected chi connectivity index (χ0v) is 17.5. The molecule has 0 aromatic heterocycles. The van der Waals surface area contributed by atoms with Crippen molar-refractivity contribution in [1.82, 2.24) is 9.21 Å². The van der Waals surface area contributed by atoms with Crippen LogP contribution in [0.5, 0.6) is 5.75 Å². The Balaban J connectivity index is 2.02. The van der Waals surface area contributed by atoms with E-state index in [9.17, 15) is 13.2 Å². The second-order valence-corrected chi connectivity index (χ2v) is 9.36. The van der Waals surface area contributed by atoms with E-state index in [4.69, 9.17) is 21.1 Å². The fraction of sp³-hybridized carbons (Fsp3) is 0.500. The van der Waals surface area contributed by atoms with Gasteiger partial charge in [-0.2, -0.15) is 4.31 Å². The molecular formula is C18H25ClN2O5S. The zero-order valence-electron chi connectivity index (χ0n) is 15.9. The smallest absolute Gasteiger partial charge is 0.410 e. The summed E-state index contributed by atoms with van der Waals surface area (Å²) in [6, 6.07) is 4.97. The topological polar surface area (TPSA) is 76.2 Å². The van der Waals surface area contributed by atoms with Gasteiger partial charge in [-0.15, -0.1) is 0 Å². The van der Waals surface area contributed by atoms with Crippen LogP contribution in [-0.2, 0) is 14.8 Å². The highest BCUT2D eigenvalue weighted by Gasteiger charge is 2.29. The van der Waals surface area contributed by atoms with Gasteiger partial charge in [0.05, 0.1) is 7.11 Å². The molecule has 0 spiro atoms. The molecule has 0 radical (unpaired) electrons. The minimum Gasteiger partial charge on any atom is -0.496 e. The van der Waals surface area contributed by atoms with Crippen LogP contribution >= 0.6 is 11.6 Å². The lowest BCUT2D eigenvalue weighted by Gasteiger charge is -2.34. The predicted molar refractivity (Wildman–Crippen MR) is 105 cm³/mol. The van der Waals surface area contributed by atoms with Gasteiger partial charge in [-0.25, -0.2) is 13.2 Å². The molecule has 1 aliphatic heterocycles. The van der Waals surface area contributed by atoms with E-state index in [0.29, 0.717) is 16.3 Å². The number of methoxy groups -OCH3 is 1. The van der Waals surface area contributed by atoms with Gasteiger partial charge in [0.2, 0.25) is 10.0 Å². The summed E-state index contributed by atoms with van der Waals surface area (Å²) in [5, 5.41) is 1.65. The summed E-state index contributed by atoms with van der Waals surface area (Å²) in [6.07, 6.45) is 1.05. The Morgan fingerprint density at radius 1 is 1.19 bits per heavy atom. The van der Waals surface area contributed by atoms with Crippen molar-refractivity contribution < 1.29 is 22.7 Å². The second kappa shape index (κ2) is 8.50. The zero-order chi connectivity index (χ0) is 20.2. The summed E-state index contributed by atoms with van der Waals surface area (Å²) in [7, 11) is -2.12. The molecule has 27 heavy (non-hydrogen) atoms. The molecule has 7 nitrogen and oxygen atoms in total. The number of amides is 1. The number of carbonyl (C=O) groups excluding carboxylic acids is 1. The molecule has 0 atom stereocenters. The molecule has 1 aliphatic rings. The first-order chi connectivity index (χ1) is 12.5. The molecule has 0 N–H and O–H groups in total. The van der Waals surface area contributed by atoms with Crippen LogP contribution in [0.25, 0.3) is 6.08 Å². The first-order valence-corrected chi connectivity index (χ1v) is 10.4. The Morgan fingerprint density at radius 3 is 2.37 bits per heavy atom. The van der Waals surface area contributed by atoms with Crippen molar-refractivity contribution in [3.63, 3.8) is 0 Å². The Kier molecular flexibility index (Phi) is 6.77. The monoisotopic (exact) mass is 416 g/mol. The molecule has 9 heteroatoms. The minimum absolute atomic E-state index is 0.212. The molecule has 1 heterocycles. The summed E-state index contributed by atoms with van der Waals surface area (Å²) in [5.74, 6) is 0.490. The standard InChI is InChI=1S/C18H25ClN2O5S/c1-18(2,3)26-17(22)20-8-10-21(11-9-20)27(23,24)12-7-14-5-6-15(19)13-16(14)25-4/h5-7,12-13H,8-11H2,1-4H3/b12-7+. The molecule has 0 aliphatic carbocycles. The SMILES string of the molecule is COc1cc(Cl)ccc1/C=C/S(=O)(=O)N1CCN(C(=O)OC(C)(C)C)CC1. The van der Waals surface area contributed by atoms with Crippen molar-refractivity contribution >= 4 is 33.8 Å². The highest BCUT2D eigenvalue weighted by molar-refractivity contribution is 7.92. The predicted octanol–water partition coefficient (Wildman–Crippen LogP) is 3.20. The number of benzene rings is 1. The number of hydrogen-bond donors (Lipinski definition) is 0. The summed E-state index contributed by atoms with van der Waals surface area (Å²) in [4.78, 5) is 13.6. The highest BCUT2D eigenvalue weighted by Crippen LogP contribution is 2.25. The fourth-order valence-electron chi connectivity index (χ4n) is 2.52. The number of sulfonamides is 1. The third-order valence-electron chi connectivity index (χ3n) is 3.87. The molecule has 1 amide bonds. The number of hydrogen-bond acceptors (Lipinski definition) is 5. The molecule has 1 aromatic carbocycles. The van der Waals surface area contributed by atoms with Crippen LogP contribution < -0.4 is 4.74 Å². The summed E-state index contributed by atoms with van der Waals surface area (Å²) in [6.45, 7) is 6.37. The number of rotatable bonds is 4. The maximum atomic E-state index is 12.6. The third-order valence-corrected chi connectivity index (χ3v) is 5.67. The van der Waals surface area contributed by atoms with E-state index in [-0.39, 0.29) is 26.2 Å². The first kappa shape index (κ1) is 21.5. The second-order valence-electron chi connectivity index (χ2n) is 7.10. The lowest BCUT2D eigenvalue weighted by atomic mass is 10.2. The van der Waals surface area contributed by atoms with Crippen molar-refractivity contribution in [2.45, 2.75) is 26.4 Å². The van der Waals surface area contributed by atoms with E-state index < -0.39 is 21.7 Å². The Bertz CT molecular complexity index is 810. The number of piperazine rings is 1. The fourth-order valence-corrected chi connectivity index (χ4v) is 3.84. The van der Waals surface area contributed by atoms with Crippen molar-refractivity contribution in [2.24, 2.45) is 0 Å². The van der Waals surface area contributed by atoms with Gasteiger partial charge in [0.1, 0.15) is 11.4 Å². The van der Waals surface area contributed by atoms with Gasteiger partial charge in [0.25, 0.3) is 0 Å². The van der Waals surface area contributed by atoms with Gasteiger partial charge in [-0.3, -0.25) is 0 Å². The van der Waals surface area contributed by atoms with Crippen LogP contribution in [0.2, 0.25) is 5.02 Å². The van der Waals surface area contributed by atoms with E-state index in [1.54, 1.807) is 39.0 Å². The van der Waals surface area contributed by atoms with Crippen molar-refractivity contribution in [1.29, 1.82) is 0 Å². The summed E-state index contributed by atoms with van der Waals surface area (Å²) in [5.41, 5.74) is 0.0265. The average Bonchev–Trinajstić information content (AvgIpc) is 2.59. The molecule has 1 saturated heterocycles. The Morgan fingerprint density at radius 2 is 1.81 bits per heavy atom. The van der Waals surface area contributed by atoms with Crippen molar-refractivity contribution in [3.8, 4) is 5.75 Å². The van der Waals surface area contributed by atoms with Crippen LogP contribution in [0.1, 0.15) is 26.3 Å². The Hall–Kier alpha value is -1.77. The molecule has 0 unspecified atom stereocenters. The van der Waals surface area contributed by atoms with Crippen molar-refractivity contribution in [2.75, 3.05) is 33.3 Å². The van der Waals surface area contributed by atoms with Crippen LogP contribution in [0, 0.1) is 0 Å². The summed E-state index contributed by atoms with van der Waals surface area (Å²) >= 11 is 5.91. The molecule has 0 saturated carbocycles. The van der Waals surface area contributed by atoms with E-state index in [1.807, 2.05) is 0 Å². The average molecular weight is 417 g/mol. The number of nitrogens with zero attached hydrogens (tertiary/aromatic N) is 2. The third kappa shape index (κ3) is 6.12. The highest BCUT2D eigenvalue weighted by atomic mass is 35.5. The molecule has 150 valence electrons. The van der Waals surface area contributed by atoms with Gasteiger partial charge in [-0.1, -0.05) is 11.6 Å². The lowest BCUT2D eigenvalue weighted by Crippen LogP contribution is -2.51. The van der Waals surface area contributed by atoms with Crippen LogP contribution in [0.3, 0.4) is 0 Å². The molecule has 0 bridgehead atoms. The molecule has 1 aromatic rings. The van der Waals surface area contributed by atoms with Gasteiger partial charge < -0.3 is 14.4 Å². The van der Waals surface area contributed by atoms with E-state index in [0.717, 1.165) is 5.41 Å². The van der Waals surface area contributed by atoms with E-state index in [2.05, 4.69) is 0 Å². The molecular weight excluding hydrogens is 392 g/mol. The van der Waals surface area contributed by atoms with Crippen molar-refractivity contribution in [3.05, 3.63) is 34.2 Å². The van der Waals surface area contributed by atoms with Crippen LogP contribution in [0.15, 0.2) is 23.6 Å². The Labute approximate surface area is 165 Å². The first-order valence-electron chi connectivity index (χ1n) is 8.51. The van der Waals surface area contributed by atoms with Gasteiger partial charge >= 0.3 is 6.09 Å². The van der Waals surface area contributed by atoms with Crippen LogP contribution in [-0.4, -0.2) is 62.6 Å². The minimum atomic E-state index is -3.62. The van der Waals surface area contributed by atoms with E-state index >= 15 is 0 Å². The normalized spacial score (nSPS) is 16.6. The lowest BCUT2D eigenvalue weighted by molar-refractivity contribution is 0.0193. The summed E-state index contributed by atoms with van der Waals surface area (Å²) < 4.78 is 37.0. The van der Waals surface area contributed by atoms with Gasteiger partial charge in [-0.05, 0) is 45.0 Å². The van der Waals surface area contributed by atoms with Gasteiger partial charge in [0.15, 0.2) is 0 Å².